The standard InChI is InChI=1S/C21H40O2Si/c1-14(2)24(15(3)4,16(5)6)23-20-10-8-9-18-12-11-17(7)19(13-22)21(18)20/h11-12,14-22H,8-10,13H2,1-7H3/t17-,18-,19+,20-,21-/m1/s1. The van der Waals surface area contributed by atoms with Gasteiger partial charge in [-0.1, -0.05) is 67.0 Å². The smallest absolute Gasteiger partial charge is 0.200 e. The number of aliphatic hydroxyl groups excluding tert-OH is 1. The first-order valence-corrected chi connectivity index (χ1v) is 12.4. The van der Waals surface area contributed by atoms with Crippen LogP contribution in [0.25, 0.3) is 0 Å². The zero-order chi connectivity index (χ0) is 18.1. The van der Waals surface area contributed by atoms with Gasteiger partial charge in [-0.25, -0.2) is 0 Å². The summed E-state index contributed by atoms with van der Waals surface area (Å²) < 4.78 is 7.21. The van der Waals surface area contributed by atoms with Gasteiger partial charge in [0.2, 0.25) is 8.32 Å². The molecule has 0 saturated heterocycles. The molecule has 3 heteroatoms. The molecule has 2 rings (SSSR count). The average Bonchev–Trinajstić information content (AvgIpc) is 2.51. The molecule has 2 nitrogen and oxygen atoms in total. The van der Waals surface area contributed by atoms with Gasteiger partial charge in [0.05, 0.1) is 0 Å². The number of hydrogen-bond acceptors (Lipinski definition) is 2. The lowest BCUT2D eigenvalue weighted by Gasteiger charge is -2.51. The highest BCUT2D eigenvalue weighted by Crippen LogP contribution is 2.49. The quantitative estimate of drug-likeness (QED) is 0.485. The van der Waals surface area contributed by atoms with Crippen molar-refractivity contribution in [2.45, 2.75) is 90.5 Å². The predicted molar refractivity (Wildman–Crippen MR) is 106 cm³/mol. The molecule has 1 fully saturated rings. The van der Waals surface area contributed by atoms with Gasteiger partial charge in [-0.05, 0) is 53.1 Å². The van der Waals surface area contributed by atoms with E-state index in [0.29, 0.717) is 53.0 Å². The minimum Gasteiger partial charge on any atom is -0.413 e. The molecule has 0 aromatic heterocycles. The predicted octanol–water partition coefficient (Wildman–Crippen LogP) is 5.78. The van der Waals surface area contributed by atoms with Crippen LogP contribution in [0.4, 0.5) is 0 Å². The molecule has 0 unspecified atom stereocenters. The van der Waals surface area contributed by atoms with Crippen molar-refractivity contribution in [1.29, 1.82) is 0 Å². The largest absolute Gasteiger partial charge is 0.413 e. The fourth-order valence-electron chi connectivity index (χ4n) is 5.94. The zero-order valence-electron chi connectivity index (χ0n) is 17.0. The minimum absolute atomic E-state index is 0.298. The number of aliphatic hydroxyl groups is 1. The molecule has 5 atom stereocenters. The van der Waals surface area contributed by atoms with E-state index in [2.05, 4.69) is 60.6 Å². The van der Waals surface area contributed by atoms with Crippen LogP contribution in [0.5, 0.6) is 0 Å². The maximum Gasteiger partial charge on any atom is 0.200 e. The van der Waals surface area contributed by atoms with E-state index in [1.165, 1.54) is 19.3 Å². The lowest BCUT2D eigenvalue weighted by molar-refractivity contribution is -0.0160. The summed E-state index contributed by atoms with van der Waals surface area (Å²) in [5.74, 6) is 1.94. The topological polar surface area (TPSA) is 29.5 Å². The molecule has 0 aliphatic heterocycles. The molecular weight excluding hydrogens is 312 g/mol. The lowest BCUT2D eigenvalue weighted by Crippen LogP contribution is -2.54. The van der Waals surface area contributed by atoms with Crippen molar-refractivity contribution in [1.82, 2.24) is 0 Å². The fraction of sp³-hybridized carbons (Fsp3) is 0.905. The van der Waals surface area contributed by atoms with Gasteiger partial charge in [0.1, 0.15) is 0 Å². The summed E-state index contributed by atoms with van der Waals surface area (Å²) in [7, 11) is -1.86. The lowest BCUT2D eigenvalue weighted by atomic mass is 9.64. The summed E-state index contributed by atoms with van der Waals surface area (Å²) in [6.45, 7) is 16.8. The monoisotopic (exact) mass is 352 g/mol. The first kappa shape index (κ1) is 20.2. The van der Waals surface area contributed by atoms with Gasteiger partial charge >= 0.3 is 0 Å². The molecule has 0 spiro atoms. The summed E-state index contributed by atoms with van der Waals surface area (Å²) in [4.78, 5) is 0. The SMILES string of the molecule is CC(C)[Si](O[C@@H]1CCC[C@@H]2C=C[C@@H](C)[C@H](CO)[C@@H]21)(C(C)C)C(C)C. The molecule has 2 aliphatic carbocycles. The Morgan fingerprint density at radius 3 is 2.08 bits per heavy atom. The highest BCUT2D eigenvalue weighted by atomic mass is 28.4. The third kappa shape index (κ3) is 3.54. The van der Waals surface area contributed by atoms with E-state index in [9.17, 15) is 5.11 Å². The fourth-order valence-corrected chi connectivity index (χ4v) is 11.6. The van der Waals surface area contributed by atoms with Crippen LogP contribution in [0, 0.1) is 23.7 Å². The molecule has 24 heavy (non-hydrogen) atoms. The second kappa shape index (κ2) is 8.05. The molecule has 2 aliphatic rings. The van der Waals surface area contributed by atoms with Gasteiger partial charge in [0.15, 0.2) is 0 Å². The summed E-state index contributed by atoms with van der Waals surface area (Å²) >= 11 is 0. The molecule has 0 aromatic rings. The second-order valence-corrected chi connectivity index (χ2v) is 14.6. The van der Waals surface area contributed by atoms with E-state index in [1.807, 2.05) is 0 Å². The van der Waals surface area contributed by atoms with E-state index >= 15 is 0 Å². The number of hydrogen-bond donors (Lipinski definition) is 1. The van der Waals surface area contributed by atoms with E-state index in [-0.39, 0.29) is 0 Å². The third-order valence-corrected chi connectivity index (χ3v) is 13.2. The van der Waals surface area contributed by atoms with E-state index in [0.717, 1.165) is 0 Å². The Morgan fingerprint density at radius 2 is 1.58 bits per heavy atom. The van der Waals surface area contributed by atoms with Crippen LogP contribution in [0.15, 0.2) is 12.2 Å². The van der Waals surface area contributed by atoms with E-state index in [4.69, 9.17) is 4.43 Å². The van der Waals surface area contributed by atoms with Crippen molar-refractivity contribution >= 4 is 8.32 Å². The molecule has 1 N–H and O–H groups in total. The number of allylic oxidation sites excluding steroid dienone is 2. The van der Waals surface area contributed by atoms with Crippen LogP contribution in [0.1, 0.15) is 67.7 Å². The van der Waals surface area contributed by atoms with E-state index < -0.39 is 8.32 Å². The Hall–Kier alpha value is -0.123. The highest BCUT2D eigenvalue weighted by molar-refractivity contribution is 6.77. The zero-order valence-corrected chi connectivity index (χ0v) is 18.0. The van der Waals surface area contributed by atoms with Crippen molar-refractivity contribution in [2.75, 3.05) is 6.61 Å². The van der Waals surface area contributed by atoms with Crippen LogP contribution >= 0.6 is 0 Å². The first-order valence-electron chi connectivity index (χ1n) is 10.2. The Bertz CT molecular complexity index is 408. The maximum absolute atomic E-state index is 10.1. The van der Waals surface area contributed by atoms with Crippen LogP contribution < -0.4 is 0 Å². The van der Waals surface area contributed by atoms with Crippen LogP contribution in [0.3, 0.4) is 0 Å². The molecule has 0 heterocycles. The van der Waals surface area contributed by atoms with E-state index in [1.54, 1.807) is 0 Å². The Balaban J connectivity index is 2.33. The molecule has 0 amide bonds. The Kier molecular flexibility index (Phi) is 6.77. The maximum atomic E-state index is 10.1. The molecular formula is C21H40O2Si. The first-order chi connectivity index (χ1) is 11.3. The number of rotatable bonds is 6. The Labute approximate surface area is 151 Å². The van der Waals surface area contributed by atoms with Gasteiger partial charge in [-0.15, -0.1) is 0 Å². The molecule has 0 aromatic carbocycles. The summed E-state index contributed by atoms with van der Waals surface area (Å²) in [5.41, 5.74) is 1.88. The average molecular weight is 353 g/mol. The van der Waals surface area contributed by atoms with Crippen molar-refractivity contribution in [3.05, 3.63) is 12.2 Å². The van der Waals surface area contributed by atoms with Crippen molar-refractivity contribution in [3.63, 3.8) is 0 Å². The second-order valence-electron chi connectivity index (χ2n) is 9.24. The third-order valence-electron chi connectivity index (χ3n) is 7.05. The van der Waals surface area contributed by atoms with Gasteiger partial charge < -0.3 is 9.53 Å². The number of fused-ring (bicyclic) bond motifs is 1. The van der Waals surface area contributed by atoms with Crippen LogP contribution in [-0.4, -0.2) is 26.1 Å². The molecule has 0 radical (unpaired) electrons. The summed E-state index contributed by atoms with van der Waals surface area (Å²) in [5, 5.41) is 10.1. The molecule has 1 saturated carbocycles. The van der Waals surface area contributed by atoms with Crippen LogP contribution in [0.2, 0.25) is 16.6 Å². The normalized spacial score (nSPS) is 34.2. The van der Waals surface area contributed by atoms with Gasteiger partial charge in [0, 0.05) is 12.7 Å². The van der Waals surface area contributed by atoms with Crippen molar-refractivity contribution in [2.24, 2.45) is 23.7 Å². The van der Waals surface area contributed by atoms with Gasteiger partial charge in [-0.2, -0.15) is 0 Å². The van der Waals surface area contributed by atoms with Crippen molar-refractivity contribution in [3.8, 4) is 0 Å². The van der Waals surface area contributed by atoms with Crippen LogP contribution in [-0.2, 0) is 4.43 Å². The highest BCUT2D eigenvalue weighted by Gasteiger charge is 2.50. The summed E-state index contributed by atoms with van der Waals surface area (Å²) in [6.07, 6.45) is 8.82. The van der Waals surface area contributed by atoms with Crippen molar-refractivity contribution < 1.29 is 9.53 Å². The molecule has 0 bridgehead atoms. The van der Waals surface area contributed by atoms with Gasteiger partial charge in [-0.3, -0.25) is 0 Å². The minimum atomic E-state index is -1.86. The Morgan fingerprint density at radius 1 is 1.00 bits per heavy atom. The summed E-state index contributed by atoms with van der Waals surface area (Å²) in [6, 6.07) is 0. The molecule has 140 valence electrons. The van der Waals surface area contributed by atoms with Gasteiger partial charge in [0.25, 0.3) is 0 Å².